The van der Waals surface area contributed by atoms with Crippen LogP contribution in [-0.4, -0.2) is 22.1 Å². The lowest BCUT2D eigenvalue weighted by molar-refractivity contribution is 0.368. The normalized spacial score (nSPS) is 16.9. The lowest BCUT2D eigenvalue weighted by Crippen LogP contribution is -2.33. The fourth-order valence-corrected chi connectivity index (χ4v) is 2.93. The maximum absolute atomic E-state index is 13.3. The molecule has 1 aromatic heterocycles. The Hall–Kier alpha value is -1.49. The van der Waals surface area contributed by atoms with Gasteiger partial charge in [-0.15, -0.1) is 0 Å². The minimum atomic E-state index is -0.844. The molecule has 1 aromatic carbocycles. The summed E-state index contributed by atoms with van der Waals surface area (Å²) < 4.78 is 28.3. The molecule has 0 radical (unpaired) electrons. The number of hydrogen-bond donors (Lipinski definition) is 1. The Morgan fingerprint density at radius 3 is 2.70 bits per heavy atom. The summed E-state index contributed by atoms with van der Waals surface area (Å²) in [5, 5.41) is 3.53. The molecule has 3 rings (SSSR count). The Kier molecular flexibility index (Phi) is 3.96. The molecule has 1 heterocycles. The van der Waals surface area contributed by atoms with E-state index < -0.39 is 11.6 Å². The highest BCUT2D eigenvalue weighted by molar-refractivity contribution is 5.75. The van der Waals surface area contributed by atoms with Crippen LogP contribution in [0.25, 0.3) is 11.0 Å². The molecule has 1 saturated carbocycles. The SMILES string of the molecule is Fc1cc2ncn(CCNC3CCCCC3)c2cc1F. The van der Waals surface area contributed by atoms with Crippen molar-refractivity contribution in [2.75, 3.05) is 6.54 Å². The maximum Gasteiger partial charge on any atom is 0.161 e. The van der Waals surface area contributed by atoms with Gasteiger partial charge in [-0.05, 0) is 12.8 Å². The zero-order valence-electron chi connectivity index (χ0n) is 11.4. The third-order valence-corrected chi connectivity index (χ3v) is 4.05. The van der Waals surface area contributed by atoms with E-state index in [4.69, 9.17) is 0 Å². The molecule has 0 atom stereocenters. The molecule has 108 valence electrons. The van der Waals surface area contributed by atoms with Crippen molar-refractivity contribution in [3.8, 4) is 0 Å². The highest BCUT2D eigenvalue weighted by Crippen LogP contribution is 2.18. The second-order valence-electron chi connectivity index (χ2n) is 5.48. The first-order valence-corrected chi connectivity index (χ1v) is 7.27. The quantitative estimate of drug-likeness (QED) is 0.931. The first kappa shape index (κ1) is 13.5. The molecule has 2 aromatic rings. The molecular formula is C15H19F2N3. The summed E-state index contributed by atoms with van der Waals surface area (Å²) in [6.45, 7) is 1.55. The summed E-state index contributed by atoms with van der Waals surface area (Å²) in [5.74, 6) is -1.66. The van der Waals surface area contributed by atoms with Crippen LogP contribution >= 0.6 is 0 Å². The number of benzene rings is 1. The molecule has 1 aliphatic carbocycles. The number of imidazole rings is 1. The monoisotopic (exact) mass is 279 g/mol. The third kappa shape index (κ3) is 2.82. The van der Waals surface area contributed by atoms with Crippen molar-refractivity contribution in [1.82, 2.24) is 14.9 Å². The number of nitrogens with zero attached hydrogens (tertiary/aromatic N) is 2. The van der Waals surface area contributed by atoms with E-state index in [0.717, 1.165) is 19.2 Å². The van der Waals surface area contributed by atoms with E-state index in [2.05, 4.69) is 10.3 Å². The van der Waals surface area contributed by atoms with Gasteiger partial charge in [0.1, 0.15) is 0 Å². The lowest BCUT2D eigenvalue weighted by Gasteiger charge is -2.22. The van der Waals surface area contributed by atoms with Crippen LogP contribution in [-0.2, 0) is 6.54 Å². The van der Waals surface area contributed by atoms with Gasteiger partial charge in [0.15, 0.2) is 11.6 Å². The fraction of sp³-hybridized carbons (Fsp3) is 0.533. The van der Waals surface area contributed by atoms with Crippen molar-refractivity contribution in [3.05, 3.63) is 30.1 Å². The van der Waals surface area contributed by atoms with Crippen LogP contribution in [0.15, 0.2) is 18.5 Å². The molecular weight excluding hydrogens is 260 g/mol. The first-order valence-electron chi connectivity index (χ1n) is 7.27. The van der Waals surface area contributed by atoms with E-state index in [0.29, 0.717) is 17.1 Å². The topological polar surface area (TPSA) is 29.9 Å². The largest absolute Gasteiger partial charge is 0.329 e. The first-order chi connectivity index (χ1) is 9.74. The van der Waals surface area contributed by atoms with Gasteiger partial charge in [0.2, 0.25) is 0 Å². The summed E-state index contributed by atoms with van der Waals surface area (Å²) >= 11 is 0. The number of nitrogens with one attached hydrogen (secondary N) is 1. The average molecular weight is 279 g/mol. The zero-order chi connectivity index (χ0) is 13.9. The molecule has 0 amide bonds. The summed E-state index contributed by atoms with van der Waals surface area (Å²) in [5.41, 5.74) is 1.15. The molecule has 1 fully saturated rings. The van der Waals surface area contributed by atoms with Crippen LogP contribution < -0.4 is 5.32 Å². The maximum atomic E-state index is 13.3. The molecule has 3 nitrogen and oxygen atoms in total. The van der Waals surface area contributed by atoms with E-state index >= 15 is 0 Å². The average Bonchev–Trinajstić information content (AvgIpc) is 2.83. The van der Waals surface area contributed by atoms with Gasteiger partial charge in [0.25, 0.3) is 0 Å². The van der Waals surface area contributed by atoms with Gasteiger partial charge in [-0.25, -0.2) is 13.8 Å². The Morgan fingerprint density at radius 2 is 1.90 bits per heavy atom. The predicted octanol–water partition coefficient (Wildman–Crippen LogP) is 3.24. The molecule has 0 unspecified atom stereocenters. The minimum absolute atomic E-state index is 0.501. The van der Waals surface area contributed by atoms with E-state index in [1.165, 1.54) is 38.2 Å². The highest BCUT2D eigenvalue weighted by Gasteiger charge is 2.13. The van der Waals surface area contributed by atoms with Crippen LogP contribution in [0.1, 0.15) is 32.1 Å². The van der Waals surface area contributed by atoms with Crippen molar-refractivity contribution >= 4 is 11.0 Å². The van der Waals surface area contributed by atoms with Crippen molar-refractivity contribution < 1.29 is 8.78 Å². The second kappa shape index (κ2) is 5.87. The molecule has 20 heavy (non-hydrogen) atoms. The summed E-state index contributed by atoms with van der Waals surface area (Å²) in [6, 6.07) is 2.97. The number of fused-ring (bicyclic) bond motifs is 1. The van der Waals surface area contributed by atoms with E-state index in [9.17, 15) is 8.78 Å². The van der Waals surface area contributed by atoms with E-state index in [1.807, 2.05) is 4.57 Å². The molecule has 1 aliphatic rings. The molecule has 1 N–H and O–H groups in total. The van der Waals surface area contributed by atoms with Crippen LogP contribution in [0.3, 0.4) is 0 Å². The zero-order valence-corrected chi connectivity index (χ0v) is 11.4. The van der Waals surface area contributed by atoms with Gasteiger partial charge >= 0.3 is 0 Å². The Bertz CT molecular complexity index is 588. The van der Waals surface area contributed by atoms with Crippen LogP contribution in [0.5, 0.6) is 0 Å². The molecule has 0 bridgehead atoms. The molecule has 0 aliphatic heterocycles. The van der Waals surface area contributed by atoms with E-state index in [1.54, 1.807) is 6.33 Å². The summed E-state index contributed by atoms with van der Waals surface area (Å²) in [6.07, 6.45) is 8.07. The molecule has 0 saturated heterocycles. The van der Waals surface area contributed by atoms with Crippen LogP contribution in [0, 0.1) is 11.6 Å². The summed E-state index contributed by atoms with van der Waals surface area (Å²) in [4.78, 5) is 4.11. The fourth-order valence-electron chi connectivity index (χ4n) is 2.93. The van der Waals surface area contributed by atoms with Gasteiger partial charge in [-0.2, -0.15) is 0 Å². The van der Waals surface area contributed by atoms with Crippen molar-refractivity contribution in [2.24, 2.45) is 0 Å². The minimum Gasteiger partial charge on any atom is -0.329 e. The van der Waals surface area contributed by atoms with Gasteiger partial charge < -0.3 is 9.88 Å². The molecule has 5 heteroatoms. The Labute approximate surface area is 117 Å². The third-order valence-electron chi connectivity index (χ3n) is 4.05. The van der Waals surface area contributed by atoms with Gasteiger partial charge in [-0.3, -0.25) is 0 Å². The Morgan fingerprint density at radius 1 is 1.15 bits per heavy atom. The van der Waals surface area contributed by atoms with Gasteiger partial charge in [-0.1, -0.05) is 19.3 Å². The number of aromatic nitrogens is 2. The predicted molar refractivity (Wildman–Crippen MR) is 74.5 cm³/mol. The van der Waals surface area contributed by atoms with Crippen molar-refractivity contribution in [3.63, 3.8) is 0 Å². The smallest absolute Gasteiger partial charge is 0.161 e. The van der Waals surface area contributed by atoms with Crippen molar-refractivity contribution in [2.45, 2.75) is 44.7 Å². The lowest BCUT2D eigenvalue weighted by atomic mass is 9.95. The molecule has 0 spiro atoms. The van der Waals surface area contributed by atoms with Gasteiger partial charge in [0, 0.05) is 31.3 Å². The highest BCUT2D eigenvalue weighted by atomic mass is 19.2. The van der Waals surface area contributed by atoms with Crippen LogP contribution in [0.4, 0.5) is 8.78 Å². The number of rotatable bonds is 4. The van der Waals surface area contributed by atoms with E-state index in [-0.39, 0.29) is 0 Å². The standard InChI is InChI=1S/C15H19F2N3/c16-12-8-14-15(9-13(12)17)20(10-19-14)7-6-18-11-4-2-1-3-5-11/h8-11,18H,1-7H2. The van der Waals surface area contributed by atoms with Gasteiger partial charge in [0.05, 0.1) is 17.4 Å². The van der Waals surface area contributed by atoms with Crippen LogP contribution in [0.2, 0.25) is 0 Å². The number of hydrogen-bond acceptors (Lipinski definition) is 2. The van der Waals surface area contributed by atoms with Crippen molar-refractivity contribution in [1.29, 1.82) is 0 Å². The summed E-state index contributed by atoms with van der Waals surface area (Å²) in [7, 11) is 0. The second-order valence-corrected chi connectivity index (χ2v) is 5.48. The number of halogens is 2. The Balaban J connectivity index is 1.64.